The summed E-state index contributed by atoms with van der Waals surface area (Å²) in [6.07, 6.45) is -1.03. The second-order valence-electron chi connectivity index (χ2n) is 9.32. The number of amides is 2. The molecule has 5 rings (SSSR count). The molecule has 2 fully saturated rings. The standard InChI is InChI=1S/C25H26N2O7S/c28-23(29)11-21(24(30)27-12-15-9-10-35(32,33)22(15)13-27)26-25(31)34-14-20-18-7-3-1-5-16(18)17-6-2-4-8-19(17)20/h1-8,15,20-22H,9-14H2,(H,26,31)(H,28,29). The molecule has 3 atom stereocenters. The Bertz CT molecular complexity index is 1250. The molecule has 0 radical (unpaired) electrons. The first-order valence-electron chi connectivity index (χ1n) is 11.6. The summed E-state index contributed by atoms with van der Waals surface area (Å²) in [5.41, 5.74) is 4.21. The van der Waals surface area contributed by atoms with Gasteiger partial charge in [-0.1, -0.05) is 48.5 Å². The van der Waals surface area contributed by atoms with Gasteiger partial charge < -0.3 is 20.1 Å². The molecule has 10 heteroatoms. The number of benzene rings is 2. The molecule has 184 valence electrons. The smallest absolute Gasteiger partial charge is 0.407 e. The molecule has 2 amide bonds. The summed E-state index contributed by atoms with van der Waals surface area (Å²) in [4.78, 5) is 38.4. The van der Waals surface area contributed by atoms with E-state index in [1.165, 1.54) is 4.90 Å². The lowest BCUT2D eigenvalue weighted by Crippen LogP contribution is -2.49. The Morgan fingerprint density at radius 1 is 1.03 bits per heavy atom. The largest absolute Gasteiger partial charge is 0.481 e. The molecule has 2 N–H and O–H groups in total. The van der Waals surface area contributed by atoms with Crippen LogP contribution in [-0.2, 0) is 24.2 Å². The number of nitrogens with one attached hydrogen (secondary N) is 1. The van der Waals surface area contributed by atoms with Crippen molar-refractivity contribution in [2.45, 2.75) is 30.1 Å². The van der Waals surface area contributed by atoms with E-state index < -0.39 is 45.5 Å². The minimum atomic E-state index is -3.25. The molecule has 2 aromatic carbocycles. The van der Waals surface area contributed by atoms with E-state index in [1.807, 2.05) is 48.5 Å². The molecule has 9 nitrogen and oxygen atoms in total. The number of carboxylic acids is 1. The van der Waals surface area contributed by atoms with E-state index in [1.54, 1.807) is 0 Å². The van der Waals surface area contributed by atoms with E-state index in [0.29, 0.717) is 6.42 Å². The number of hydrogen-bond donors (Lipinski definition) is 2. The van der Waals surface area contributed by atoms with Crippen LogP contribution >= 0.6 is 0 Å². The van der Waals surface area contributed by atoms with Crippen LogP contribution in [0.4, 0.5) is 4.79 Å². The fourth-order valence-corrected chi connectivity index (χ4v) is 7.70. The van der Waals surface area contributed by atoms with Crippen LogP contribution in [0.15, 0.2) is 48.5 Å². The van der Waals surface area contributed by atoms with Gasteiger partial charge >= 0.3 is 12.1 Å². The summed E-state index contributed by atoms with van der Waals surface area (Å²) in [6.45, 7) is 0.291. The number of carboxylic acid groups (broad SMARTS) is 1. The Morgan fingerprint density at radius 3 is 2.26 bits per heavy atom. The van der Waals surface area contributed by atoms with Crippen LogP contribution in [0.3, 0.4) is 0 Å². The zero-order valence-electron chi connectivity index (χ0n) is 18.9. The predicted molar refractivity (Wildman–Crippen MR) is 127 cm³/mol. The van der Waals surface area contributed by atoms with Crippen molar-refractivity contribution in [3.8, 4) is 11.1 Å². The van der Waals surface area contributed by atoms with Crippen molar-refractivity contribution >= 4 is 27.8 Å². The van der Waals surface area contributed by atoms with Crippen molar-refractivity contribution in [1.82, 2.24) is 10.2 Å². The van der Waals surface area contributed by atoms with Gasteiger partial charge in [0.1, 0.15) is 12.6 Å². The number of nitrogens with zero attached hydrogens (tertiary/aromatic N) is 1. The van der Waals surface area contributed by atoms with Crippen molar-refractivity contribution in [2.75, 3.05) is 25.4 Å². The number of aliphatic carboxylic acids is 1. The maximum Gasteiger partial charge on any atom is 0.407 e. The van der Waals surface area contributed by atoms with Gasteiger partial charge in [0.2, 0.25) is 5.91 Å². The van der Waals surface area contributed by atoms with Crippen LogP contribution in [-0.4, -0.2) is 73.1 Å². The van der Waals surface area contributed by atoms with Crippen LogP contribution in [0.2, 0.25) is 0 Å². The molecular weight excluding hydrogens is 472 g/mol. The molecule has 3 unspecified atom stereocenters. The summed E-state index contributed by atoms with van der Waals surface area (Å²) in [5.74, 6) is -2.07. The highest BCUT2D eigenvalue weighted by Crippen LogP contribution is 2.44. The van der Waals surface area contributed by atoms with E-state index in [9.17, 15) is 27.9 Å². The van der Waals surface area contributed by atoms with Crippen molar-refractivity contribution in [2.24, 2.45) is 5.92 Å². The molecule has 2 aliphatic heterocycles. The van der Waals surface area contributed by atoms with Crippen molar-refractivity contribution in [3.63, 3.8) is 0 Å². The zero-order valence-corrected chi connectivity index (χ0v) is 19.7. The number of carbonyl (C=O) groups is 3. The third-order valence-corrected chi connectivity index (χ3v) is 9.50. The van der Waals surface area contributed by atoms with E-state index in [2.05, 4.69) is 5.32 Å². The van der Waals surface area contributed by atoms with Gasteiger partial charge in [-0.25, -0.2) is 13.2 Å². The maximum atomic E-state index is 13.0. The number of rotatable bonds is 6. The normalized spacial score (nSPS) is 22.7. The maximum absolute atomic E-state index is 13.0. The Kier molecular flexibility index (Phi) is 6.00. The monoisotopic (exact) mass is 498 g/mol. The highest BCUT2D eigenvalue weighted by atomic mass is 32.2. The Labute approximate surface area is 203 Å². The van der Waals surface area contributed by atoms with Crippen LogP contribution in [0.1, 0.15) is 29.9 Å². The first-order valence-corrected chi connectivity index (χ1v) is 13.3. The molecule has 2 heterocycles. The van der Waals surface area contributed by atoms with Gasteiger partial charge in [-0.2, -0.15) is 0 Å². The quantitative estimate of drug-likeness (QED) is 0.623. The van der Waals surface area contributed by atoms with Crippen LogP contribution in [0.25, 0.3) is 11.1 Å². The van der Waals surface area contributed by atoms with E-state index in [0.717, 1.165) is 22.3 Å². The van der Waals surface area contributed by atoms with Crippen molar-refractivity contribution in [1.29, 1.82) is 0 Å². The molecule has 0 aromatic heterocycles. The molecule has 0 spiro atoms. The minimum absolute atomic E-state index is 0.0221. The molecule has 35 heavy (non-hydrogen) atoms. The summed E-state index contributed by atoms with van der Waals surface area (Å²) in [6, 6.07) is 14.4. The van der Waals surface area contributed by atoms with Crippen molar-refractivity contribution in [3.05, 3.63) is 59.7 Å². The first-order chi connectivity index (χ1) is 16.7. The minimum Gasteiger partial charge on any atom is -0.481 e. The van der Waals surface area contributed by atoms with Gasteiger partial charge in [0.15, 0.2) is 9.84 Å². The summed E-state index contributed by atoms with van der Waals surface area (Å²) in [7, 11) is -3.25. The van der Waals surface area contributed by atoms with Gasteiger partial charge in [-0.05, 0) is 34.6 Å². The van der Waals surface area contributed by atoms with Crippen LogP contribution < -0.4 is 5.32 Å². The fraction of sp³-hybridized carbons (Fsp3) is 0.400. The van der Waals surface area contributed by atoms with Gasteiger partial charge in [-0.3, -0.25) is 9.59 Å². The molecule has 3 aliphatic rings. The number of alkyl carbamates (subject to hydrolysis) is 1. The number of ether oxygens (including phenoxy) is 1. The Balaban J connectivity index is 1.25. The summed E-state index contributed by atoms with van der Waals surface area (Å²) < 4.78 is 29.9. The third kappa shape index (κ3) is 4.38. The fourth-order valence-electron chi connectivity index (χ4n) is 5.55. The average molecular weight is 499 g/mol. The average Bonchev–Trinajstić information content (AvgIpc) is 3.48. The lowest BCUT2D eigenvalue weighted by molar-refractivity contribution is -0.142. The lowest BCUT2D eigenvalue weighted by Gasteiger charge is -2.24. The molecule has 2 saturated heterocycles. The number of carbonyl (C=O) groups excluding carboxylic acids is 2. The molecule has 1 aliphatic carbocycles. The van der Waals surface area contributed by atoms with Gasteiger partial charge in [0, 0.05) is 19.0 Å². The zero-order chi connectivity index (χ0) is 24.7. The summed E-state index contributed by atoms with van der Waals surface area (Å²) in [5, 5.41) is 11.1. The molecule has 0 saturated carbocycles. The van der Waals surface area contributed by atoms with E-state index in [4.69, 9.17) is 4.74 Å². The summed E-state index contributed by atoms with van der Waals surface area (Å²) >= 11 is 0. The first kappa shape index (κ1) is 23.3. The van der Waals surface area contributed by atoms with Crippen LogP contribution in [0, 0.1) is 5.92 Å². The highest BCUT2D eigenvalue weighted by molar-refractivity contribution is 7.92. The lowest BCUT2D eigenvalue weighted by atomic mass is 9.98. The Morgan fingerprint density at radius 2 is 1.66 bits per heavy atom. The second-order valence-corrected chi connectivity index (χ2v) is 11.7. The second kappa shape index (κ2) is 8.99. The topological polar surface area (TPSA) is 130 Å². The van der Waals surface area contributed by atoms with Gasteiger partial charge in [0.05, 0.1) is 17.4 Å². The number of hydrogen-bond acceptors (Lipinski definition) is 6. The molecular formula is C25H26N2O7S. The van der Waals surface area contributed by atoms with Crippen molar-refractivity contribution < 1.29 is 32.6 Å². The van der Waals surface area contributed by atoms with Gasteiger partial charge in [0.25, 0.3) is 0 Å². The van der Waals surface area contributed by atoms with Gasteiger partial charge in [-0.15, -0.1) is 0 Å². The number of sulfone groups is 1. The SMILES string of the molecule is O=C(O)CC(NC(=O)OCC1c2ccccc2-c2ccccc21)C(=O)N1CC2CCS(=O)(=O)C2C1. The predicted octanol–water partition coefficient (Wildman–Crippen LogP) is 2.01. The molecule has 0 bridgehead atoms. The Hall–Kier alpha value is -3.40. The number of likely N-dealkylation sites (tertiary alicyclic amines) is 1. The third-order valence-electron chi connectivity index (χ3n) is 7.24. The van der Waals surface area contributed by atoms with E-state index >= 15 is 0 Å². The number of fused-ring (bicyclic) bond motifs is 4. The van der Waals surface area contributed by atoms with Crippen LogP contribution in [0.5, 0.6) is 0 Å². The molecule has 2 aromatic rings. The highest BCUT2D eigenvalue weighted by Gasteiger charge is 2.48. The van der Waals surface area contributed by atoms with E-state index in [-0.39, 0.29) is 37.3 Å².